The number of carboxylic acid groups (broad SMARTS) is 2. The van der Waals surface area contributed by atoms with E-state index in [0.717, 1.165) is 64.2 Å². The van der Waals surface area contributed by atoms with Gasteiger partial charge in [-0.2, -0.15) is 0 Å². The van der Waals surface area contributed by atoms with Crippen molar-refractivity contribution in [2.75, 3.05) is 0 Å². The fourth-order valence-corrected chi connectivity index (χ4v) is 4.74. The molecule has 0 aromatic rings. The molecule has 2 unspecified atom stereocenters. The van der Waals surface area contributed by atoms with Crippen molar-refractivity contribution in [2.24, 2.45) is 11.8 Å². The Kier molecular flexibility index (Phi) is 37.6. The SMILES string of the molecule is CCCCCCCCC(CCCCCC)C(=O)[O-].CCCCCCCCC(CCCCCC)C(=O)[O-].[Mg+2]. The second-order valence-corrected chi connectivity index (χ2v) is 10.8. The van der Waals surface area contributed by atoms with Gasteiger partial charge in [0, 0.05) is 11.9 Å². The van der Waals surface area contributed by atoms with E-state index in [1.165, 1.54) is 89.9 Å². The number of aliphatic carboxylic acids is 2. The number of carbonyl (C=O) groups is 2. The van der Waals surface area contributed by atoms with Gasteiger partial charge in [-0.1, -0.05) is 156 Å². The topological polar surface area (TPSA) is 80.3 Å². The van der Waals surface area contributed by atoms with E-state index >= 15 is 0 Å². The third-order valence-corrected chi connectivity index (χ3v) is 7.29. The zero-order valence-corrected chi connectivity index (χ0v) is 26.9. The molecule has 5 heteroatoms. The van der Waals surface area contributed by atoms with Gasteiger partial charge in [0.15, 0.2) is 0 Å². The molecule has 37 heavy (non-hydrogen) atoms. The molecule has 216 valence electrons. The van der Waals surface area contributed by atoms with Crippen LogP contribution in [0.25, 0.3) is 0 Å². The molecule has 0 spiro atoms. The Balaban J connectivity index is -0.000000608. The van der Waals surface area contributed by atoms with E-state index in [4.69, 9.17) is 0 Å². The standard InChI is InChI=1S/2C16H32O2.Mg/c2*1-3-5-7-9-10-12-14-15(16(17)18)13-11-8-6-4-2;/h2*15H,3-14H2,1-2H3,(H,17,18);/q;;+2/p-2. The first-order valence-electron chi connectivity index (χ1n) is 15.9. The summed E-state index contributed by atoms with van der Waals surface area (Å²) in [7, 11) is 0. The molecule has 0 heterocycles. The molecule has 0 fully saturated rings. The normalized spacial score (nSPS) is 12.2. The summed E-state index contributed by atoms with van der Waals surface area (Å²) >= 11 is 0. The number of rotatable bonds is 26. The molecule has 0 aliphatic rings. The van der Waals surface area contributed by atoms with E-state index in [1.807, 2.05) is 0 Å². The Morgan fingerprint density at radius 2 is 0.595 bits per heavy atom. The smallest absolute Gasteiger partial charge is 0.550 e. The average Bonchev–Trinajstić information content (AvgIpc) is 2.86. The number of unbranched alkanes of at least 4 members (excludes halogenated alkanes) is 16. The van der Waals surface area contributed by atoms with Crippen molar-refractivity contribution in [3.05, 3.63) is 0 Å². The van der Waals surface area contributed by atoms with Crippen molar-refractivity contribution < 1.29 is 19.8 Å². The molecule has 0 aliphatic heterocycles. The first kappa shape index (κ1) is 41.2. The zero-order chi connectivity index (χ0) is 27.3. The summed E-state index contributed by atoms with van der Waals surface area (Å²) in [6.07, 6.45) is 27.2. The van der Waals surface area contributed by atoms with Crippen molar-refractivity contribution in [2.45, 2.75) is 182 Å². The molecule has 0 rings (SSSR count). The van der Waals surface area contributed by atoms with Gasteiger partial charge >= 0.3 is 23.1 Å². The molecule has 0 radical (unpaired) electrons. The fourth-order valence-electron chi connectivity index (χ4n) is 4.74. The molecular formula is C32H62MgO4. The van der Waals surface area contributed by atoms with Gasteiger partial charge in [0.2, 0.25) is 0 Å². The molecular weight excluding hydrogens is 473 g/mol. The Hall–Kier alpha value is -0.294. The molecule has 0 aliphatic carbocycles. The maximum Gasteiger partial charge on any atom is 2.00 e. The summed E-state index contributed by atoms with van der Waals surface area (Å²) in [5, 5.41) is 22.0. The summed E-state index contributed by atoms with van der Waals surface area (Å²) in [6, 6.07) is 0. The molecule has 2 atom stereocenters. The fraction of sp³-hybridized carbons (Fsp3) is 0.938. The molecule has 0 bridgehead atoms. The van der Waals surface area contributed by atoms with Crippen molar-refractivity contribution in [3.63, 3.8) is 0 Å². The maximum absolute atomic E-state index is 11.0. The van der Waals surface area contributed by atoms with Crippen LogP contribution in [0.5, 0.6) is 0 Å². The van der Waals surface area contributed by atoms with Crippen LogP contribution in [0.3, 0.4) is 0 Å². The molecule has 0 aromatic carbocycles. The van der Waals surface area contributed by atoms with Gasteiger partial charge in [0.25, 0.3) is 0 Å². The van der Waals surface area contributed by atoms with Gasteiger partial charge in [-0.05, 0) is 37.5 Å². The Labute approximate surface area is 247 Å². The van der Waals surface area contributed by atoms with E-state index < -0.39 is 11.9 Å². The summed E-state index contributed by atoms with van der Waals surface area (Å²) in [5.41, 5.74) is 0. The third kappa shape index (κ3) is 31.8. The van der Waals surface area contributed by atoms with Gasteiger partial charge in [-0.3, -0.25) is 0 Å². The molecule has 4 nitrogen and oxygen atoms in total. The van der Waals surface area contributed by atoms with Gasteiger partial charge in [-0.25, -0.2) is 0 Å². The number of hydrogen-bond donors (Lipinski definition) is 0. The van der Waals surface area contributed by atoms with Crippen molar-refractivity contribution in [1.82, 2.24) is 0 Å². The second-order valence-electron chi connectivity index (χ2n) is 10.8. The molecule has 0 N–H and O–H groups in total. The van der Waals surface area contributed by atoms with Crippen molar-refractivity contribution >= 4 is 35.0 Å². The van der Waals surface area contributed by atoms with Gasteiger partial charge < -0.3 is 19.8 Å². The Bertz CT molecular complexity index is 428. The minimum absolute atomic E-state index is 0. The van der Waals surface area contributed by atoms with E-state index in [9.17, 15) is 19.8 Å². The van der Waals surface area contributed by atoms with Crippen LogP contribution in [0.15, 0.2) is 0 Å². The summed E-state index contributed by atoms with van der Waals surface area (Å²) < 4.78 is 0. The maximum atomic E-state index is 11.0. The van der Waals surface area contributed by atoms with Crippen LogP contribution in [-0.2, 0) is 9.59 Å². The third-order valence-electron chi connectivity index (χ3n) is 7.29. The first-order valence-corrected chi connectivity index (χ1v) is 15.9. The second kappa shape index (κ2) is 33.7. The van der Waals surface area contributed by atoms with Crippen LogP contribution in [0.4, 0.5) is 0 Å². The predicted molar refractivity (Wildman–Crippen MR) is 156 cm³/mol. The zero-order valence-electron chi connectivity index (χ0n) is 25.5. The summed E-state index contributed by atoms with van der Waals surface area (Å²) in [6.45, 7) is 8.77. The monoisotopic (exact) mass is 534 g/mol. The summed E-state index contributed by atoms with van der Waals surface area (Å²) in [4.78, 5) is 22.0. The van der Waals surface area contributed by atoms with Crippen LogP contribution >= 0.6 is 0 Å². The molecule has 0 saturated carbocycles. The number of carbonyl (C=O) groups excluding carboxylic acids is 2. The molecule has 0 saturated heterocycles. The van der Waals surface area contributed by atoms with E-state index in [-0.39, 0.29) is 34.9 Å². The van der Waals surface area contributed by atoms with Crippen LogP contribution in [0.1, 0.15) is 182 Å². The van der Waals surface area contributed by atoms with Gasteiger partial charge in [-0.15, -0.1) is 0 Å². The van der Waals surface area contributed by atoms with Crippen LogP contribution in [0.2, 0.25) is 0 Å². The Morgan fingerprint density at radius 3 is 0.811 bits per heavy atom. The minimum Gasteiger partial charge on any atom is -0.550 e. The van der Waals surface area contributed by atoms with E-state index in [1.54, 1.807) is 0 Å². The average molecular weight is 535 g/mol. The van der Waals surface area contributed by atoms with Crippen molar-refractivity contribution in [3.8, 4) is 0 Å². The van der Waals surface area contributed by atoms with Gasteiger partial charge in [0.05, 0.1) is 0 Å². The van der Waals surface area contributed by atoms with Crippen LogP contribution < -0.4 is 10.2 Å². The van der Waals surface area contributed by atoms with Gasteiger partial charge in [0.1, 0.15) is 0 Å². The quantitative estimate of drug-likeness (QED) is 0.0838. The molecule has 0 aromatic heterocycles. The Morgan fingerprint density at radius 1 is 0.405 bits per heavy atom. The predicted octanol–water partition coefficient (Wildman–Crippen LogP) is 7.77. The number of hydrogen-bond acceptors (Lipinski definition) is 4. The first-order chi connectivity index (χ1) is 17.4. The summed E-state index contributed by atoms with van der Waals surface area (Å²) in [5.74, 6) is -2.07. The number of carboxylic acids is 2. The van der Waals surface area contributed by atoms with Crippen LogP contribution in [-0.4, -0.2) is 35.0 Å². The van der Waals surface area contributed by atoms with E-state index in [0.29, 0.717) is 0 Å². The van der Waals surface area contributed by atoms with E-state index in [2.05, 4.69) is 27.7 Å². The molecule has 0 amide bonds. The largest absolute Gasteiger partial charge is 2.00 e. The van der Waals surface area contributed by atoms with Crippen molar-refractivity contribution in [1.29, 1.82) is 0 Å². The van der Waals surface area contributed by atoms with Crippen LogP contribution in [0, 0.1) is 11.8 Å². The minimum atomic E-state index is -0.833.